The average molecular weight is 279 g/mol. The van der Waals surface area contributed by atoms with Crippen molar-refractivity contribution in [3.63, 3.8) is 0 Å². The van der Waals surface area contributed by atoms with Crippen molar-refractivity contribution in [1.29, 1.82) is 0 Å². The monoisotopic (exact) mass is 279 g/mol. The van der Waals surface area contributed by atoms with E-state index in [4.69, 9.17) is 9.47 Å². The summed E-state index contributed by atoms with van der Waals surface area (Å²) in [5.41, 5.74) is 1.08. The molecule has 0 spiro atoms. The van der Waals surface area contributed by atoms with E-state index in [9.17, 15) is 9.90 Å². The predicted octanol–water partition coefficient (Wildman–Crippen LogP) is 1.42. The van der Waals surface area contributed by atoms with Crippen molar-refractivity contribution >= 4 is 5.97 Å². The van der Waals surface area contributed by atoms with E-state index >= 15 is 0 Å². The van der Waals surface area contributed by atoms with Crippen molar-refractivity contribution in [3.05, 3.63) is 35.9 Å². The standard InChI is InChI=1S/C15H21NO4/c17-15(18)14(7-6-13-11-19-8-9-20-13)16-10-12-4-2-1-3-5-12/h1-5,13-14,16H,6-11H2,(H,17,18). The molecular formula is C15H21NO4. The Hall–Kier alpha value is -1.43. The first kappa shape index (κ1) is 15.0. The predicted molar refractivity (Wildman–Crippen MR) is 74.5 cm³/mol. The number of carboxylic acids is 1. The van der Waals surface area contributed by atoms with Gasteiger partial charge in [-0.1, -0.05) is 30.3 Å². The van der Waals surface area contributed by atoms with Gasteiger partial charge in [-0.15, -0.1) is 0 Å². The van der Waals surface area contributed by atoms with Crippen LogP contribution in [0, 0.1) is 0 Å². The number of carbonyl (C=O) groups is 1. The van der Waals surface area contributed by atoms with Crippen LogP contribution in [0.1, 0.15) is 18.4 Å². The number of benzene rings is 1. The number of nitrogens with one attached hydrogen (secondary N) is 1. The Balaban J connectivity index is 1.76. The molecule has 1 fully saturated rings. The molecule has 5 nitrogen and oxygen atoms in total. The van der Waals surface area contributed by atoms with E-state index in [2.05, 4.69) is 5.32 Å². The molecule has 2 rings (SSSR count). The van der Waals surface area contributed by atoms with Gasteiger partial charge >= 0.3 is 5.97 Å². The van der Waals surface area contributed by atoms with Crippen LogP contribution in [0.25, 0.3) is 0 Å². The van der Waals surface area contributed by atoms with Gasteiger partial charge in [0.2, 0.25) is 0 Å². The van der Waals surface area contributed by atoms with Crippen molar-refractivity contribution in [2.75, 3.05) is 19.8 Å². The fourth-order valence-electron chi connectivity index (χ4n) is 2.21. The van der Waals surface area contributed by atoms with Crippen LogP contribution in [-0.4, -0.2) is 43.0 Å². The number of aliphatic carboxylic acids is 1. The second-order valence-corrected chi connectivity index (χ2v) is 4.90. The van der Waals surface area contributed by atoms with Gasteiger partial charge in [0.1, 0.15) is 6.04 Å². The Labute approximate surface area is 118 Å². The van der Waals surface area contributed by atoms with E-state index in [1.807, 2.05) is 30.3 Å². The minimum absolute atomic E-state index is 0.0177. The fraction of sp³-hybridized carbons (Fsp3) is 0.533. The summed E-state index contributed by atoms with van der Waals surface area (Å²) in [5, 5.41) is 12.3. The highest BCUT2D eigenvalue weighted by Crippen LogP contribution is 2.10. The van der Waals surface area contributed by atoms with E-state index in [0.717, 1.165) is 5.56 Å². The Morgan fingerprint density at radius 1 is 1.35 bits per heavy atom. The Kier molecular flexibility index (Phi) is 5.98. The molecule has 2 unspecified atom stereocenters. The summed E-state index contributed by atoms with van der Waals surface area (Å²) in [4.78, 5) is 11.3. The van der Waals surface area contributed by atoms with Gasteiger partial charge in [-0.3, -0.25) is 4.79 Å². The van der Waals surface area contributed by atoms with Crippen LogP contribution < -0.4 is 5.32 Å². The highest BCUT2D eigenvalue weighted by atomic mass is 16.6. The molecule has 1 aromatic rings. The van der Waals surface area contributed by atoms with Crippen LogP contribution in [0.2, 0.25) is 0 Å². The Morgan fingerprint density at radius 3 is 2.80 bits per heavy atom. The number of rotatable bonds is 7. The lowest BCUT2D eigenvalue weighted by molar-refractivity contribution is -0.140. The minimum atomic E-state index is -0.822. The van der Waals surface area contributed by atoms with Gasteiger partial charge in [0.15, 0.2) is 0 Å². The molecule has 1 aliphatic heterocycles. The first-order chi connectivity index (χ1) is 9.75. The maximum Gasteiger partial charge on any atom is 0.320 e. The third kappa shape index (κ3) is 4.92. The highest BCUT2D eigenvalue weighted by molar-refractivity contribution is 5.73. The minimum Gasteiger partial charge on any atom is -0.480 e. The van der Waals surface area contributed by atoms with Gasteiger partial charge in [0, 0.05) is 6.54 Å². The molecule has 1 aromatic carbocycles. The van der Waals surface area contributed by atoms with E-state index in [1.54, 1.807) is 0 Å². The molecule has 110 valence electrons. The fourth-order valence-corrected chi connectivity index (χ4v) is 2.21. The summed E-state index contributed by atoms with van der Waals surface area (Å²) in [6.07, 6.45) is 1.25. The summed E-state index contributed by atoms with van der Waals surface area (Å²) >= 11 is 0. The molecule has 20 heavy (non-hydrogen) atoms. The number of hydrogen-bond donors (Lipinski definition) is 2. The maximum atomic E-state index is 11.3. The second kappa shape index (κ2) is 7.99. The first-order valence-corrected chi connectivity index (χ1v) is 6.95. The van der Waals surface area contributed by atoms with Gasteiger partial charge in [-0.2, -0.15) is 0 Å². The van der Waals surface area contributed by atoms with Gasteiger partial charge in [-0.25, -0.2) is 0 Å². The summed E-state index contributed by atoms with van der Waals surface area (Å²) in [5.74, 6) is -0.822. The number of ether oxygens (including phenoxy) is 2. The molecule has 0 bridgehead atoms. The summed E-state index contributed by atoms with van der Waals surface area (Å²) in [6.45, 7) is 2.34. The topological polar surface area (TPSA) is 67.8 Å². The molecule has 1 aliphatic rings. The quantitative estimate of drug-likeness (QED) is 0.790. The zero-order valence-corrected chi connectivity index (χ0v) is 11.5. The van der Waals surface area contributed by atoms with Crippen LogP contribution in [0.3, 0.4) is 0 Å². The third-order valence-corrected chi connectivity index (χ3v) is 3.36. The summed E-state index contributed by atoms with van der Waals surface area (Å²) in [7, 11) is 0. The lowest BCUT2D eigenvalue weighted by atomic mass is 10.1. The highest BCUT2D eigenvalue weighted by Gasteiger charge is 2.21. The van der Waals surface area contributed by atoms with Crippen LogP contribution in [0.5, 0.6) is 0 Å². The molecule has 1 heterocycles. The molecule has 0 aromatic heterocycles. The van der Waals surface area contributed by atoms with E-state index in [0.29, 0.717) is 39.2 Å². The molecule has 2 N–H and O–H groups in total. The van der Waals surface area contributed by atoms with Crippen LogP contribution in [0.4, 0.5) is 0 Å². The van der Waals surface area contributed by atoms with Crippen molar-refractivity contribution < 1.29 is 19.4 Å². The maximum absolute atomic E-state index is 11.3. The van der Waals surface area contributed by atoms with E-state index in [-0.39, 0.29) is 6.10 Å². The molecule has 0 saturated carbocycles. The van der Waals surface area contributed by atoms with Gasteiger partial charge in [0.25, 0.3) is 0 Å². The first-order valence-electron chi connectivity index (χ1n) is 6.95. The molecule has 0 amide bonds. The lowest BCUT2D eigenvalue weighted by Gasteiger charge is -2.24. The van der Waals surface area contributed by atoms with Crippen molar-refractivity contribution in [2.45, 2.75) is 31.5 Å². The van der Waals surface area contributed by atoms with Gasteiger partial charge < -0.3 is 19.9 Å². The SMILES string of the molecule is O=C(O)C(CCC1COCCO1)NCc1ccccc1. The number of hydrogen-bond acceptors (Lipinski definition) is 4. The summed E-state index contributed by atoms with van der Waals surface area (Å²) in [6, 6.07) is 9.23. The Morgan fingerprint density at radius 2 is 2.15 bits per heavy atom. The third-order valence-electron chi connectivity index (χ3n) is 3.36. The summed E-state index contributed by atoms with van der Waals surface area (Å²) < 4.78 is 10.8. The zero-order chi connectivity index (χ0) is 14.2. The molecule has 5 heteroatoms. The zero-order valence-electron chi connectivity index (χ0n) is 11.5. The Bertz CT molecular complexity index is 404. The second-order valence-electron chi connectivity index (χ2n) is 4.90. The molecule has 1 saturated heterocycles. The smallest absolute Gasteiger partial charge is 0.320 e. The molecule has 0 aliphatic carbocycles. The van der Waals surface area contributed by atoms with Crippen LogP contribution in [-0.2, 0) is 20.8 Å². The van der Waals surface area contributed by atoms with Crippen molar-refractivity contribution in [1.82, 2.24) is 5.32 Å². The van der Waals surface area contributed by atoms with Gasteiger partial charge in [-0.05, 0) is 18.4 Å². The van der Waals surface area contributed by atoms with Crippen molar-refractivity contribution in [2.24, 2.45) is 0 Å². The van der Waals surface area contributed by atoms with Crippen LogP contribution >= 0.6 is 0 Å². The number of carboxylic acid groups (broad SMARTS) is 1. The van der Waals surface area contributed by atoms with E-state index in [1.165, 1.54) is 0 Å². The van der Waals surface area contributed by atoms with Crippen molar-refractivity contribution in [3.8, 4) is 0 Å². The van der Waals surface area contributed by atoms with Gasteiger partial charge in [0.05, 0.1) is 25.9 Å². The normalized spacial score (nSPS) is 20.5. The largest absolute Gasteiger partial charge is 0.480 e. The molecule has 2 atom stereocenters. The van der Waals surface area contributed by atoms with Crippen LogP contribution in [0.15, 0.2) is 30.3 Å². The molecule has 0 radical (unpaired) electrons. The average Bonchev–Trinajstić information content (AvgIpc) is 2.49. The molecular weight excluding hydrogens is 258 g/mol. The lowest BCUT2D eigenvalue weighted by Crippen LogP contribution is -2.38. The van der Waals surface area contributed by atoms with E-state index < -0.39 is 12.0 Å².